The van der Waals surface area contributed by atoms with Crippen molar-refractivity contribution in [3.05, 3.63) is 51.0 Å². The second-order valence-electron chi connectivity index (χ2n) is 5.19. The topological polar surface area (TPSA) is 21.3 Å². The first-order valence-corrected chi connectivity index (χ1v) is 8.02. The van der Waals surface area contributed by atoms with Gasteiger partial charge in [0.1, 0.15) is 0 Å². The minimum atomic E-state index is -0.316. The Morgan fingerprint density at radius 2 is 2.05 bits per heavy atom. The number of ether oxygens (including phenoxy) is 1. The molecule has 21 heavy (non-hydrogen) atoms. The number of thiophene rings is 1. The van der Waals surface area contributed by atoms with Crippen molar-refractivity contribution >= 4 is 11.3 Å². The van der Waals surface area contributed by atoms with Crippen molar-refractivity contribution < 1.29 is 9.13 Å². The van der Waals surface area contributed by atoms with Gasteiger partial charge in [-0.2, -0.15) is 0 Å². The second-order valence-corrected chi connectivity index (χ2v) is 6.47. The average Bonchev–Trinajstić information content (AvgIpc) is 2.78. The summed E-state index contributed by atoms with van der Waals surface area (Å²) < 4.78 is 19.0. The molecule has 0 aliphatic heterocycles. The van der Waals surface area contributed by atoms with E-state index in [2.05, 4.69) is 32.2 Å². The number of aryl methyl sites for hydroxylation is 2. The molecule has 4 heteroatoms. The maximum absolute atomic E-state index is 14.0. The Bertz CT molecular complexity index is 609. The van der Waals surface area contributed by atoms with Crippen molar-refractivity contribution in [1.29, 1.82) is 0 Å². The summed E-state index contributed by atoms with van der Waals surface area (Å²) in [4.78, 5) is 2.53. The second kappa shape index (κ2) is 7.05. The van der Waals surface area contributed by atoms with Crippen LogP contribution in [0.5, 0.6) is 5.75 Å². The van der Waals surface area contributed by atoms with E-state index in [9.17, 15) is 4.39 Å². The van der Waals surface area contributed by atoms with Crippen LogP contribution in [0.15, 0.2) is 24.3 Å². The smallest absolute Gasteiger partial charge is 0.165 e. The van der Waals surface area contributed by atoms with Gasteiger partial charge in [0.2, 0.25) is 0 Å². The first-order valence-electron chi connectivity index (χ1n) is 7.20. The highest BCUT2D eigenvalue weighted by Crippen LogP contribution is 2.33. The van der Waals surface area contributed by atoms with Gasteiger partial charge in [-0.1, -0.05) is 13.0 Å². The van der Waals surface area contributed by atoms with Gasteiger partial charge in [0, 0.05) is 9.75 Å². The number of hydrogen-bond acceptors (Lipinski definition) is 3. The van der Waals surface area contributed by atoms with Crippen molar-refractivity contribution in [3.63, 3.8) is 0 Å². The molecule has 2 nitrogen and oxygen atoms in total. The van der Waals surface area contributed by atoms with E-state index >= 15 is 0 Å². The summed E-state index contributed by atoms with van der Waals surface area (Å²) >= 11 is 1.77. The maximum Gasteiger partial charge on any atom is 0.165 e. The van der Waals surface area contributed by atoms with Crippen LogP contribution in [-0.4, -0.2) is 13.7 Å². The van der Waals surface area contributed by atoms with Crippen molar-refractivity contribution in [2.75, 3.05) is 13.7 Å². The van der Waals surface area contributed by atoms with Gasteiger partial charge in [-0.3, -0.25) is 0 Å². The summed E-state index contributed by atoms with van der Waals surface area (Å²) in [6.45, 7) is 7.24. The zero-order valence-electron chi connectivity index (χ0n) is 13.0. The summed E-state index contributed by atoms with van der Waals surface area (Å²) in [5.74, 6) is -0.0312. The number of halogens is 1. The first-order chi connectivity index (χ1) is 10.1. The molecule has 0 aliphatic carbocycles. The van der Waals surface area contributed by atoms with E-state index in [1.165, 1.54) is 22.4 Å². The molecule has 0 amide bonds. The van der Waals surface area contributed by atoms with Gasteiger partial charge >= 0.3 is 0 Å². The highest BCUT2D eigenvalue weighted by molar-refractivity contribution is 7.12. The molecule has 1 aromatic carbocycles. The lowest BCUT2D eigenvalue weighted by Gasteiger charge is -2.19. The lowest BCUT2D eigenvalue weighted by molar-refractivity contribution is 0.385. The number of rotatable bonds is 6. The van der Waals surface area contributed by atoms with Gasteiger partial charge < -0.3 is 10.1 Å². The zero-order valence-corrected chi connectivity index (χ0v) is 13.8. The summed E-state index contributed by atoms with van der Waals surface area (Å²) in [6, 6.07) is 7.41. The molecule has 1 aromatic heterocycles. The minimum Gasteiger partial charge on any atom is -0.494 e. The molecule has 0 spiro atoms. The predicted molar refractivity (Wildman–Crippen MR) is 86.9 cm³/mol. The van der Waals surface area contributed by atoms with Gasteiger partial charge in [0.15, 0.2) is 11.6 Å². The average molecular weight is 307 g/mol. The molecule has 1 atom stereocenters. The Morgan fingerprint density at radius 3 is 2.57 bits per heavy atom. The summed E-state index contributed by atoms with van der Waals surface area (Å²) in [6.07, 6.45) is 1.04. The van der Waals surface area contributed by atoms with E-state index in [-0.39, 0.29) is 17.6 Å². The van der Waals surface area contributed by atoms with Gasteiger partial charge in [-0.15, -0.1) is 11.3 Å². The summed E-state index contributed by atoms with van der Waals surface area (Å²) in [5.41, 5.74) is 2.19. The standard InChI is InChI=1S/C17H22FNOS/c1-5-8-19-16(17-11(2)9-12(3)21-17)13-6-7-15(20-4)14(18)10-13/h6-7,9-10,16,19H,5,8H2,1-4H3. The number of methoxy groups -OCH3 is 1. The Labute approximate surface area is 130 Å². The van der Waals surface area contributed by atoms with Crippen LogP contribution in [0.2, 0.25) is 0 Å². The fourth-order valence-electron chi connectivity index (χ4n) is 2.46. The highest BCUT2D eigenvalue weighted by Gasteiger charge is 2.19. The van der Waals surface area contributed by atoms with E-state index in [1.54, 1.807) is 23.5 Å². The Kier molecular flexibility index (Phi) is 5.37. The van der Waals surface area contributed by atoms with Gasteiger partial charge in [0.25, 0.3) is 0 Å². The molecule has 0 saturated carbocycles. The number of benzene rings is 1. The van der Waals surface area contributed by atoms with Crippen LogP contribution < -0.4 is 10.1 Å². The molecule has 1 N–H and O–H groups in total. The first kappa shape index (κ1) is 16.0. The van der Waals surface area contributed by atoms with Gasteiger partial charge in [-0.25, -0.2) is 4.39 Å². The lowest BCUT2D eigenvalue weighted by Crippen LogP contribution is -2.23. The van der Waals surface area contributed by atoms with Crippen LogP contribution in [0.4, 0.5) is 4.39 Å². The molecule has 0 fully saturated rings. The molecule has 0 aliphatic rings. The van der Waals surface area contributed by atoms with Crippen LogP contribution in [0.3, 0.4) is 0 Å². The van der Waals surface area contributed by atoms with Crippen molar-refractivity contribution in [2.45, 2.75) is 33.2 Å². The van der Waals surface area contributed by atoms with E-state index in [4.69, 9.17) is 4.74 Å². The van der Waals surface area contributed by atoms with E-state index in [1.807, 2.05) is 6.07 Å². The monoisotopic (exact) mass is 307 g/mol. The third-order valence-electron chi connectivity index (χ3n) is 3.45. The van der Waals surface area contributed by atoms with Crippen molar-refractivity contribution in [2.24, 2.45) is 0 Å². The minimum absolute atomic E-state index is 0.0315. The number of hydrogen-bond donors (Lipinski definition) is 1. The van der Waals surface area contributed by atoms with Crippen molar-refractivity contribution in [3.8, 4) is 5.75 Å². The molecule has 0 bridgehead atoms. The third-order valence-corrected chi connectivity index (χ3v) is 4.67. The molecule has 2 rings (SSSR count). The molecule has 0 saturated heterocycles. The summed E-state index contributed by atoms with van der Waals surface area (Å²) in [5, 5.41) is 3.52. The molecular weight excluding hydrogens is 285 g/mol. The van der Waals surface area contributed by atoms with Crippen LogP contribution >= 0.6 is 11.3 Å². The van der Waals surface area contributed by atoms with Crippen LogP contribution in [0.25, 0.3) is 0 Å². The SMILES string of the molecule is CCCNC(c1ccc(OC)c(F)c1)c1sc(C)cc1C. The highest BCUT2D eigenvalue weighted by atomic mass is 32.1. The lowest BCUT2D eigenvalue weighted by atomic mass is 10.0. The Hall–Kier alpha value is -1.39. The Morgan fingerprint density at radius 1 is 1.29 bits per heavy atom. The molecule has 0 radical (unpaired) electrons. The quantitative estimate of drug-likeness (QED) is 0.842. The fourth-order valence-corrected chi connectivity index (χ4v) is 3.60. The third kappa shape index (κ3) is 3.63. The molecule has 1 heterocycles. The van der Waals surface area contributed by atoms with Crippen LogP contribution in [0.1, 0.15) is 40.3 Å². The fraction of sp³-hybridized carbons (Fsp3) is 0.412. The predicted octanol–water partition coefficient (Wildman–Crippen LogP) is 4.60. The zero-order chi connectivity index (χ0) is 15.4. The van der Waals surface area contributed by atoms with Gasteiger partial charge in [0.05, 0.1) is 13.2 Å². The van der Waals surface area contributed by atoms with E-state index in [0.29, 0.717) is 0 Å². The van der Waals surface area contributed by atoms with Gasteiger partial charge in [-0.05, 0) is 56.1 Å². The van der Waals surface area contributed by atoms with Crippen LogP contribution in [-0.2, 0) is 0 Å². The maximum atomic E-state index is 14.0. The molecular formula is C17H22FNOS. The summed E-state index contributed by atoms with van der Waals surface area (Å²) in [7, 11) is 1.48. The molecule has 1 unspecified atom stereocenters. The van der Waals surface area contributed by atoms with Crippen molar-refractivity contribution in [1.82, 2.24) is 5.32 Å². The van der Waals surface area contributed by atoms with Crippen LogP contribution in [0, 0.1) is 19.7 Å². The molecule has 114 valence electrons. The number of nitrogens with one attached hydrogen (secondary N) is 1. The largest absolute Gasteiger partial charge is 0.494 e. The van der Waals surface area contributed by atoms with E-state index in [0.717, 1.165) is 18.5 Å². The molecule has 2 aromatic rings. The normalized spacial score (nSPS) is 12.4. The Balaban J connectivity index is 2.40. The van der Waals surface area contributed by atoms with E-state index < -0.39 is 0 Å².